The van der Waals surface area contributed by atoms with Gasteiger partial charge in [0.25, 0.3) is 5.24 Å². The fourth-order valence-corrected chi connectivity index (χ4v) is 3.14. The molecule has 0 spiro atoms. The highest BCUT2D eigenvalue weighted by Crippen LogP contribution is 2.65. The van der Waals surface area contributed by atoms with Crippen molar-refractivity contribution in [3.63, 3.8) is 0 Å². The molecule has 2 fully saturated rings. The van der Waals surface area contributed by atoms with Crippen molar-refractivity contribution in [1.29, 1.82) is 0 Å². The lowest BCUT2D eigenvalue weighted by Crippen LogP contribution is -2.45. The van der Waals surface area contributed by atoms with E-state index >= 15 is 0 Å². The van der Waals surface area contributed by atoms with Crippen molar-refractivity contribution in [1.82, 2.24) is 0 Å². The molecule has 74 valence electrons. The first kappa shape index (κ1) is 9.47. The van der Waals surface area contributed by atoms with E-state index in [4.69, 9.17) is 16.3 Å². The van der Waals surface area contributed by atoms with Gasteiger partial charge in [0, 0.05) is 5.41 Å². The van der Waals surface area contributed by atoms with E-state index in [2.05, 4.69) is 20.8 Å². The molecule has 0 N–H and O–H groups in total. The first-order valence-corrected chi connectivity index (χ1v) is 5.07. The first-order chi connectivity index (χ1) is 5.86. The van der Waals surface area contributed by atoms with Gasteiger partial charge in [0.05, 0.1) is 6.61 Å². The summed E-state index contributed by atoms with van der Waals surface area (Å²) < 4.78 is 5.64. The van der Waals surface area contributed by atoms with Crippen LogP contribution in [0.15, 0.2) is 0 Å². The Morgan fingerprint density at radius 3 is 2.08 bits per heavy atom. The van der Waals surface area contributed by atoms with Gasteiger partial charge in [0.2, 0.25) is 0 Å². The number of hydrogen-bond acceptors (Lipinski definition) is 2. The molecule has 1 saturated carbocycles. The zero-order chi connectivity index (χ0) is 9.91. The van der Waals surface area contributed by atoms with Crippen molar-refractivity contribution in [3.05, 3.63) is 0 Å². The summed E-state index contributed by atoms with van der Waals surface area (Å²) >= 11 is 5.65. The van der Waals surface area contributed by atoms with Gasteiger partial charge in [-0.1, -0.05) is 20.8 Å². The van der Waals surface area contributed by atoms with Crippen LogP contribution in [0.5, 0.6) is 0 Å². The highest BCUT2D eigenvalue weighted by atomic mass is 35.5. The van der Waals surface area contributed by atoms with E-state index in [9.17, 15) is 4.79 Å². The molecular formula is C10H15ClO2. The largest absolute Gasteiger partial charge is 0.365 e. The second-order valence-corrected chi connectivity index (χ2v) is 5.42. The Morgan fingerprint density at radius 2 is 1.92 bits per heavy atom. The van der Waals surface area contributed by atoms with Crippen molar-refractivity contribution in [3.8, 4) is 0 Å². The minimum atomic E-state index is -0.705. The molecule has 1 aliphatic heterocycles. The molecule has 0 unspecified atom stereocenters. The van der Waals surface area contributed by atoms with Crippen molar-refractivity contribution in [2.24, 2.45) is 10.8 Å². The Balaban J connectivity index is 2.50. The predicted octanol–water partition coefficient (Wildman–Crippen LogP) is 2.35. The van der Waals surface area contributed by atoms with Crippen LogP contribution >= 0.6 is 11.6 Å². The van der Waals surface area contributed by atoms with Gasteiger partial charge in [-0.15, -0.1) is 0 Å². The summed E-state index contributed by atoms with van der Waals surface area (Å²) in [6.45, 7) is 7.03. The molecule has 1 aliphatic carbocycles. The molecule has 1 heterocycles. The number of ether oxygens (including phenoxy) is 1. The lowest BCUT2D eigenvalue weighted by molar-refractivity contribution is -0.138. The van der Waals surface area contributed by atoms with Crippen molar-refractivity contribution in [2.45, 2.75) is 39.2 Å². The molecule has 3 heteroatoms. The zero-order valence-corrected chi connectivity index (χ0v) is 9.07. The van der Waals surface area contributed by atoms with Crippen molar-refractivity contribution in [2.75, 3.05) is 6.61 Å². The number of carbonyl (C=O) groups is 1. The SMILES string of the molecule is CC1(C)[C@@]2(C)CC[C@]1(C(=O)Cl)OC2. The second-order valence-electron chi connectivity index (χ2n) is 5.08. The molecule has 2 nitrogen and oxygen atoms in total. The third-order valence-corrected chi connectivity index (χ3v) is 4.81. The summed E-state index contributed by atoms with van der Waals surface area (Å²) in [5.41, 5.74) is -0.709. The van der Waals surface area contributed by atoms with Crippen LogP contribution in [0, 0.1) is 10.8 Å². The minimum absolute atomic E-state index is 0.123. The smallest absolute Gasteiger partial charge is 0.254 e. The Morgan fingerprint density at radius 1 is 1.31 bits per heavy atom. The van der Waals surface area contributed by atoms with Crippen LogP contribution in [0.25, 0.3) is 0 Å². The summed E-state index contributed by atoms with van der Waals surface area (Å²) in [5, 5.41) is -0.321. The summed E-state index contributed by atoms with van der Waals surface area (Å²) in [7, 11) is 0. The van der Waals surface area contributed by atoms with E-state index in [1.165, 1.54) is 0 Å². The number of carbonyl (C=O) groups excluding carboxylic acids is 1. The standard InChI is InChI=1S/C10H15ClO2/c1-8(2)9(3)4-5-10(8,7(11)12)13-6-9/h4-6H2,1-3H3/t9-,10+/m0/s1. The average Bonchev–Trinajstić information content (AvgIpc) is 2.34. The van der Waals surface area contributed by atoms with E-state index in [0.29, 0.717) is 6.61 Å². The van der Waals surface area contributed by atoms with Gasteiger partial charge in [-0.25, -0.2) is 0 Å². The summed E-state index contributed by atoms with van der Waals surface area (Å²) in [4.78, 5) is 11.4. The molecule has 0 aromatic heterocycles. The van der Waals surface area contributed by atoms with Crippen LogP contribution in [0.4, 0.5) is 0 Å². The zero-order valence-electron chi connectivity index (χ0n) is 8.32. The van der Waals surface area contributed by atoms with Gasteiger partial charge < -0.3 is 4.74 Å². The molecule has 0 aromatic rings. The first-order valence-electron chi connectivity index (χ1n) is 4.70. The van der Waals surface area contributed by atoms with Crippen LogP contribution < -0.4 is 0 Å². The summed E-state index contributed by atoms with van der Waals surface area (Å²) in [6.07, 6.45) is 1.82. The fraction of sp³-hybridized carbons (Fsp3) is 0.900. The van der Waals surface area contributed by atoms with Crippen LogP contribution in [0.2, 0.25) is 0 Å². The van der Waals surface area contributed by atoms with Gasteiger partial charge in [-0.3, -0.25) is 4.79 Å². The Bertz CT molecular complexity index is 262. The quantitative estimate of drug-likeness (QED) is 0.611. The molecule has 0 amide bonds. The van der Waals surface area contributed by atoms with E-state index in [1.807, 2.05) is 0 Å². The molecule has 13 heavy (non-hydrogen) atoms. The molecule has 0 aromatic carbocycles. The van der Waals surface area contributed by atoms with Gasteiger partial charge >= 0.3 is 0 Å². The maximum absolute atomic E-state index is 11.4. The van der Waals surface area contributed by atoms with Crippen LogP contribution in [0.1, 0.15) is 33.6 Å². The van der Waals surface area contributed by atoms with Crippen LogP contribution in [-0.4, -0.2) is 17.5 Å². The Hall–Kier alpha value is -0.0800. The highest BCUT2D eigenvalue weighted by Gasteiger charge is 2.69. The lowest BCUT2D eigenvalue weighted by atomic mass is 9.67. The number of halogens is 1. The topological polar surface area (TPSA) is 26.3 Å². The van der Waals surface area contributed by atoms with E-state index in [0.717, 1.165) is 12.8 Å². The van der Waals surface area contributed by atoms with E-state index in [-0.39, 0.29) is 16.1 Å². The third-order valence-electron chi connectivity index (χ3n) is 4.50. The van der Waals surface area contributed by atoms with Gasteiger partial charge in [-0.05, 0) is 29.9 Å². The third kappa shape index (κ3) is 0.816. The number of hydrogen-bond donors (Lipinski definition) is 0. The monoisotopic (exact) mass is 202 g/mol. The van der Waals surface area contributed by atoms with E-state index in [1.54, 1.807) is 0 Å². The molecular weight excluding hydrogens is 188 g/mol. The highest BCUT2D eigenvalue weighted by molar-refractivity contribution is 6.65. The molecule has 2 atom stereocenters. The number of fused-ring (bicyclic) bond motifs is 2. The van der Waals surface area contributed by atoms with Crippen molar-refractivity contribution < 1.29 is 9.53 Å². The maximum Gasteiger partial charge on any atom is 0.254 e. The molecule has 2 rings (SSSR count). The lowest BCUT2D eigenvalue weighted by Gasteiger charge is -2.35. The Labute approximate surface area is 83.6 Å². The van der Waals surface area contributed by atoms with Gasteiger partial charge in [0.1, 0.15) is 5.60 Å². The molecule has 0 radical (unpaired) electrons. The van der Waals surface area contributed by atoms with Gasteiger partial charge in [-0.2, -0.15) is 0 Å². The van der Waals surface area contributed by atoms with Crippen molar-refractivity contribution >= 4 is 16.8 Å². The predicted molar refractivity (Wildman–Crippen MR) is 50.7 cm³/mol. The summed E-state index contributed by atoms with van der Waals surface area (Å²) in [5.74, 6) is 0. The maximum atomic E-state index is 11.4. The molecule has 2 bridgehead atoms. The van der Waals surface area contributed by atoms with Crippen LogP contribution in [-0.2, 0) is 9.53 Å². The normalized spacial score (nSPS) is 46.8. The second kappa shape index (κ2) is 2.29. The van der Waals surface area contributed by atoms with Crippen LogP contribution in [0.3, 0.4) is 0 Å². The summed E-state index contributed by atoms with van der Waals surface area (Å²) in [6, 6.07) is 0. The minimum Gasteiger partial charge on any atom is -0.365 e. The average molecular weight is 203 g/mol. The Kier molecular flexibility index (Phi) is 1.67. The fourth-order valence-electron chi connectivity index (χ4n) is 2.75. The molecule has 1 saturated heterocycles. The van der Waals surface area contributed by atoms with Gasteiger partial charge in [0.15, 0.2) is 0 Å². The van der Waals surface area contributed by atoms with E-state index < -0.39 is 5.60 Å². The number of rotatable bonds is 1. The molecule has 2 aliphatic rings.